The number of phosphoric acid groups is 1. The Morgan fingerprint density at radius 1 is 0.316 bits per heavy atom. The van der Waals surface area contributed by atoms with Crippen molar-refractivity contribution in [3.8, 4) is 0 Å². The number of carbonyl (C=O) groups is 2. The van der Waals surface area contributed by atoms with Gasteiger partial charge in [0.2, 0.25) is 0 Å². The van der Waals surface area contributed by atoms with Crippen LogP contribution in [0.15, 0.2) is 182 Å². The highest BCUT2D eigenvalue weighted by atomic mass is 31.2. The molecule has 0 bridgehead atoms. The Hall–Kier alpha value is -4.89. The van der Waals surface area contributed by atoms with Gasteiger partial charge in [-0.2, -0.15) is 0 Å². The van der Waals surface area contributed by atoms with Crippen LogP contribution in [0.4, 0.5) is 0 Å². The molecule has 0 aromatic rings. The number of unbranched alkanes of at least 4 members (excludes halogenated alkanes) is 27. The summed E-state index contributed by atoms with van der Waals surface area (Å²) in [5.41, 5.74) is 5.41. The highest BCUT2D eigenvalue weighted by Gasteiger charge is 2.26. The Morgan fingerprint density at radius 2 is 0.547 bits per heavy atom. The summed E-state index contributed by atoms with van der Waals surface area (Å²) < 4.78 is 33.2. The highest BCUT2D eigenvalue weighted by molar-refractivity contribution is 7.47. The number of phosphoric ester groups is 1. The summed E-state index contributed by atoms with van der Waals surface area (Å²) in [5.74, 6) is -0.851. The normalized spacial score (nSPS) is 13.9. The quantitative estimate of drug-likeness (QED) is 0.0264. The maximum absolute atomic E-state index is 12.8. The maximum Gasteiger partial charge on any atom is 0.472 e. The molecule has 0 aliphatic heterocycles. The molecule has 0 radical (unpaired) electrons. The molecule has 9 nitrogen and oxygen atoms in total. The molecule has 0 amide bonds. The van der Waals surface area contributed by atoms with Crippen molar-refractivity contribution in [1.29, 1.82) is 0 Å². The average Bonchev–Trinajstić information content (AvgIpc) is 3.25. The van der Waals surface area contributed by atoms with Crippen LogP contribution < -0.4 is 5.73 Å². The molecule has 2 unspecified atom stereocenters. The second kappa shape index (κ2) is 78.1. The zero-order chi connectivity index (χ0) is 68.6. The lowest BCUT2D eigenvalue weighted by Crippen LogP contribution is -2.29. The minimum Gasteiger partial charge on any atom is -0.462 e. The number of carbonyl (C=O) groups excluding carboxylic acids is 2. The number of nitrogens with two attached hydrogens (primary N) is 1. The number of esters is 2. The summed E-state index contributed by atoms with van der Waals surface area (Å²) in [4.78, 5) is 35.4. The van der Waals surface area contributed by atoms with Gasteiger partial charge in [0.25, 0.3) is 0 Å². The fourth-order valence-electron chi connectivity index (χ4n) is 10.2. The van der Waals surface area contributed by atoms with Crippen molar-refractivity contribution < 1.29 is 37.6 Å². The number of rotatable bonds is 70. The van der Waals surface area contributed by atoms with Crippen molar-refractivity contribution in [2.75, 3.05) is 26.4 Å². The van der Waals surface area contributed by atoms with Gasteiger partial charge in [-0.25, -0.2) is 4.57 Å². The second-order valence-electron chi connectivity index (χ2n) is 24.8. The fraction of sp³-hybridized carbons (Fsp3) is 0.624. The largest absolute Gasteiger partial charge is 0.472 e. The van der Waals surface area contributed by atoms with E-state index in [1.54, 1.807) is 0 Å². The molecule has 0 aliphatic rings. The molecule has 0 saturated heterocycles. The predicted molar refractivity (Wildman–Crippen MR) is 412 cm³/mol. The molecule has 0 aliphatic carbocycles. The maximum atomic E-state index is 12.8. The Morgan fingerprint density at radius 3 is 0.811 bits per heavy atom. The number of hydrogen-bond acceptors (Lipinski definition) is 8. The Balaban J connectivity index is 3.90. The molecule has 538 valence electrons. The molecule has 3 N–H and O–H groups in total. The molecular formula is C85H140NO8P. The van der Waals surface area contributed by atoms with E-state index in [4.69, 9.17) is 24.3 Å². The lowest BCUT2D eigenvalue weighted by atomic mass is 10.0. The van der Waals surface area contributed by atoms with Crippen LogP contribution in [0.25, 0.3) is 0 Å². The minimum atomic E-state index is -4.41. The SMILES string of the molecule is CC/C=C\C/C=C\C/C=C\C/C=C\C/C=C\C/C=C\C/C=C\C/C=C\C/C=C\CCCCCCCC(=O)OC(COC(=O)CCCCCCCCCCCCCCCCCCCCCCCC/C=C\C/C=C\C/C=C\C/C=C\C/C=C\C/C=C\CC)COP(=O)(O)OCCN. The van der Waals surface area contributed by atoms with Gasteiger partial charge >= 0.3 is 19.8 Å². The van der Waals surface area contributed by atoms with Crippen LogP contribution in [0.2, 0.25) is 0 Å². The Kier molecular flexibility index (Phi) is 74.1. The van der Waals surface area contributed by atoms with Gasteiger partial charge in [-0.15, -0.1) is 0 Å². The molecule has 0 fully saturated rings. The number of allylic oxidation sites excluding steroid dienone is 30. The first kappa shape index (κ1) is 90.1. The van der Waals surface area contributed by atoms with Gasteiger partial charge in [-0.3, -0.25) is 18.6 Å². The van der Waals surface area contributed by atoms with Crippen molar-refractivity contribution in [3.05, 3.63) is 182 Å². The van der Waals surface area contributed by atoms with Gasteiger partial charge in [-0.1, -0.05) is 344 Å². The van der Waals surface area contributed by atoms with E-state index in [-0.39, 0.29) is 38.6 Å². The first-order valence-corrected chi connectivity index (χ1v) is 39.8. The van der Waals surface area contributed by atoms with Crippen LogP contribution in [0, 0.1) is 0 Å². The van der Waals surface area contributed by atoms with Crippen molar-refractivity contribution in [3.63, 3.8) is 0 Å². The van der Waals surface area contributed by atoms with Gasteiger partial charge in [-0.05, 0) is 135 Å². The lowest BCUT2D eigenvalue weighted by Gasteiger charge is -2.19. The zero-order valence-electron chi connectivity index (χ0n) is 60.6. The van der Waals surface area contributed by atoms with E-state index in [1.807, 2.05) is 0 Å². The van der Waals surface area contributed by atoms with E-state index in [1.165, 1.54) is 128 Å². The molecular weight excluding hydrogens is 1190 g/mol. The van der Waals surface area contributed by atoms with E-state index in [0.29, 0.717) is 6.42 Å². The van der Waals surface area contributed by atoms with Gasteiger partial charge in [0, 0.05) is 19.4 Å². The van der Waals surface area contributed by atoms with E-state index in [9.17, 15) is 19.0 Å². The van der Waals surface area contributed by atoms with Gasteiger partial charge in [0.1, 0.15) is 6.61 Å². The Bertz CT molecular complexity index is 2220. The molecule has 0 aromatic carbocycles. The van der Waals surface area contributed by atoms with Gasteiger partial charge in [0.15, 0.2) is 6.10 Å². The third kappa shape index (κ3) is 78.0. The van der Waals surface area contributed by atoms with Crippen molar-refractivity contribution in [2.24, 2.45) is 5.73 Å². The molecule has 0 spiro atoms. The minimum absolute atomic E-state index is 0.0426. The topological polar surface area (TPSA) is 134 Å². The third-order valence-electron chi connectivity index (χ3n) is 15.8. The monoisotopic (exact) mass is 1330 g/mol. The highest BCUT2D eigenvalue weighted by Crippen LogP contribution is 2.43. The molecule has 95 heavy (non-hydrogen) atoms. The number of hydrogen-bond donors (Lipinski definition) is 2. The summed E-state index contributed by atoms with van der Waals surface area (Å²) in [6, 6.07) is 0. The van der Waals surface area contributed by atoms with Crippen molar-refractivity contribution in [1.82, 2.24) is 0 Å². The first-order valence-electron chi connectivity index (χ1n) is 38.3. The molecule has 0 rings (SSSR count). The van der Waals surface area contributed by atoms with Crippen molar-refractivity contribution >= 4 is 19.8 Å². The van der Waals surface area contributed by atoms with Crippen LogP contribution >= 0.6 is 7.82 Å². The molecule has 0 aromatic heterocycles. The van der Waals surface area contributed by atoms with E-state index in [2.05, 4.69) is 196 Å². The van der Waals surface area contributed by atoms with Crippen LogP contribution in [0.3, 0.4) is 0 Å². The zero-order valence-corrected chi connectivity index (χ0v) is 61.5. The molecule has 0 saturated carbocycles. The van der Waals surface area contributed by atoms with Crippen LogP contribution in [0.5, 0.6) is 0 Å². The van der Waals surface area contributed by atoms with E-state index < -0.39 is 26.5 Å². The van der Waals surface area contributed by atoms with Gasteiger partial charge < -0.3 is 20.1 Å². The average molecular weight is 1340 g/mol. The lowest BCUT2D eigenvalue weighted by molar-refractivity contribution is -0.161. The summed E-state index contributed by atoms with van der Waals surface area (Å²) in [5, 5.41) is 0. The number of ether oxygens (including phenoxy) is 2. The van der Waals surface area contributed by atoms with Crippen LogP contribution in [0.1, 0.15) is 309 Å². The summed E-state index contributed by atoms with van der Waals surface area (Å²) in [6.45, 7) is 3.50. The molecule has 10 heteroatoms. The van der Waals surface area contributed by atoms with E-state index in [0.717, 1.165) is 148 Å². The van der Waals surface area contributed by atoms with E-state index >= 15 is 0 Å². The summed E-state index contributed by atoms with van der Waals surface area (Å²) in [7, 11) is -4.41. The predicted octanol–water partition coefficient (Wildman–Crippen LogP) is 25.9. The first-order chi connectivity index (χ1) is 46.8. The second-order valence-corrected chi connectivity index (χ2v) is 26.2. The van der Waals surface area contributed by atoms with Gasteiger partial charge in [0.05, 0.1) is 13.2 Å². The molecule has 2 atom stereocenters. The van der Waals surface area contributed by atoms with Crippen molar-refractivity contribution in [2.45, 2.75) is 315 Å². The summed E-state index contributed by atoms with van der Waals surface area (Å²) in [6.07, 6.45) is 117. The third-order valence-corrected chi connectivity index (χ3v) is 16.8. The standard InChI is InChI=1S/C85H140NO8P/c1-3-5-7-9-11-13-15-17-19-21-23-25-27-29-31-33-35-37-38-39-40-41-42-43-44-46-47-49-51-53-55-57-59-61-63-65-67-69-71-73-75-77-84(87)91-81-83(82-93-95(89,90)92-80-79-86)94-85(88)78-76-74-72-70-68-66-64-62-60-58-56-54-52-50-48-45-36-34-32-30-28-26-24-22-20-18-16-14-12-10-8-6-4-2/h5-8,11-14,17-20,23-26,29-32,35-37,45,50,52,56,58,62,64,83H,3-4,9-10,15-16,21-22,27-28,33-34,38-44,46-49,51,53-55,57,59-61,63,65-82,86H2,1-2H3,(H,89,90)/b7-5-,8-6-,13-11-,14-12-,19-17-,20-18-,25-23-,26-24-,31-29-,32-30-,37-35-,45-36-,52-50-,58-56-,64-62-. The Labute approximate surface area is 584 Å². The molecule has 0 heterocycles. The fourth-order valence-corrected chi connectivity index (χ4v) is 11.0. The smallest absolute Gasteiger partial charge is 0.462 e. The van der Waals surface area contributed by atoms with Crippen LogP contribution in [-0.2, 0) is 32.7 Å². The van der Waals surface area contributed by atoms with Crippen LogP contribution in [-0.4, -0.2) is 49.3 Å². The summed E-state index contributed by atoms with van der Waals surface area (Å²) >= 11 is 0.